The molecule has 136 valence electrons. The first-order chi connectivity index (χ1) is 11.8. The number of rotatable bonds is 6. The van der Waals surface area contributed by atoms with Crippen LogP contribution < -0.4 is 5.32 Å². The summed E-state index contributed by atoms with van der Waals surface area (Å²) in [4.78, 5) is 17.4. The Kier molecular flexibility index (Phi) is 4.82. The van der Waals surface area contributed by atoms with E-state index in [-0.39, 0.29) is 23.8 Å². The highest BCUT2D eigenvalue weighted by Gasteiger charge is 2.30. The van der Waals surface area contributed by atoms with Crippen LogP contribution in [0.25, 0.3) is 11.1 Å². The number of hydrogen-bond acceptors (Lipinski definition) is 5. The highest BCUT2D eigenvalue weighted by atomic mass is 16.5. The Bertz CT molecular complexity index is 772. The van der Waals surface area contributed by atoms with Crippen LogP contribution in [0.15, 0.2) is 10.6 Å². The zero-order valence-electron chi connectivity index (χ0n) is 15.4. The number of amides is 1. The minimum Gasteiger partial charge on any atom is -0.396 e. The summed E-state index contributed by atoms with van der Waals surface area (Å²) < 4.78 is 5.47. The molecule has 25 heavy (non-hydrogen) atoms. The van der Waals surface area contributed by atoms with Crippen molar-refractivity contribution >= 4 is 17.0 Å². The van der Waals surface area contributed by atoms with E-state index in [1.807, 2.05) is 13.0 Å². The highest BCUT2D eigenvalue weighted by Crippen LogP contribution is 2.40. The predicted octanol–water partition coefficient (Wildman–Crippen LogP) is 3.05. The second-order valence-electron chi connectivity index (χ2n) is 8.41. The Morgan fingerprint density at radius 3 is 2.76 bits per heavy atom. The van der Waals surface area contributed by atoms with Crippen molar-refractivity contribution in [2.45, 2.75) is 52.9 Å². The van der Waals surface area contributed by atoms with Gasteiger partial charge >= 0.3 is 0 Å². The Labute approximate surface area is 148 Å². The fourth-order valence-corrected chi connectivity index (χ4v) is 2.85. The van der Waals surface area contributed by atoms with Crippen molar-refractivity contribution in [1.29, 1.82) is 0 Å². The molecule has 0 aromatic carbocycles. The first-order valence-electron chi connectivity index (χ1n) is 8.96. The van der Waals surface area contributed by atoms with Crippen molar-refractivity contribution in [3.63, 3.8) is 0 Å². The van der Waals surface area contributed by atoms with Gasteiger partial charge < -0.3 is 14.9 Å². The van der Waals surface area contributed by atoms with E-state index < -0.39 is 0 Å². The van der Waals surface area contributed by atoms with Gasteiger partial charge in [0.25, 0.3) is 11.6 Å². The van der Waals surface area contributed by atoms with Crippen LogP contribution in [0.1, 0.15) is 68.2 Å². The van der Waals surface area contributed by atoms with Gasteiger partial charge in [0, 0.05) is 24.8 Å². The molecule has 1 unspecified atom stereocenters. The molecule has 2 heterocycles. The van der Waals surface area contributed by atoms with Gasteiger partial charge in [0.2, 0.25) is 0 Å². The highest BCUT2D eigenvalue weighted by molar-refractivity contribution is 6.06. The van der Waals surface area contributed by atoms with E-state index in [0.717, 1.165) is 24.2 Å². The monoisotopic (exact) mass is 345 g/mol. The van der Waals surface area contributed by atoms with Crippen LogP contribution in [-0.2, 0) is 6.42 Å². The van der Waals surface area contributed by atoms with Gasteiger partial charge in [-0.2, -0.15) is 0 Å². The van der Waals surface area contributed by atoms with Crippen molar-refractivity contribution in [3.05, 3.63) is 23.0 Å². The molecular weight excluding hydrogens is 318 g/mol. The molecule has 1 amide bonds. The number of carbonyl (C=O) groups excluding carboxylic acids is 1. The molecule has 0 aliphatic heterocycles. The lowest BCUT2D eigenvalue weighted by molar-refractivity contribution is 0.0943. The van der Waals surface area contributed by atoms with Crippen LogP contribution in [0.2, 0.25) is 0 Å². The van der Waals surface area contributed by atoms with Crippen molar-refractivity contribution < 1.29 is 14.4 Å². The molecule has 1 aliphatic carbocycles. The summed E-state index contributed by atoms with van der Waals surface area (Å²) in [5, 5.41) is 17.0. The molecule has 2 aromatic heterocycles. The maximum absolute atomic E-state index is 12.8. The van der Waals surface area contributed by atoms with E-state index in [9.17, 15) is 4.79 Å². The third-order valence-electron chi connectivity index (χ3n) is 4.40. The number of fused-ring (bicyclic) bond motifs is 1. The summed E-state index contributed by atoms with van der Waals surface area (Å²) >= 11 is 0. The standard InChI is InChI=1S/C19H27N3O3/c1-11(10-23)9-20-17(24)13-7-14(12-5-6-12)21-18-16(13)15(22-25-18)8-19(2,3)4/h7,11-12,23H,5-6,8-10H2,1-4H3,(H,20,24). The lowest BCUT2D eigenvalue weighted by Gasteiger charge is -2.16. The van der Waals surface area contributed by atoms with E-state index >= 15 is 0 Å². The van der Waals surface area contributed by atoms with Crippen molar-refractivity contribution in [2.75, 3.05) is 13.2 Å². The summed E-state index contributed by atoms with van der Waals surface area (Å²) in [5.74, 6) is 0.275. The molecule has 2 aromatic rings. The van der Waals surface area contributed by atoms with Crippen molar-refractivity contribution in [3.8, 4) is 0 Å². The van der Waals surface area contributed by atoms with Crippen molar-refractivity contribution in [1.82, 2.24) is 15.5 Å². The first kappa shape index (κ1) is 17.9. The van der Waals surface area contributed by atoms with Gasteiger partial charge in [0.1, 0.15) is 0 Å². The Hall–Kier alpha value is -1.95. The summed E-state index contributed by atoms with van der Waals surface area (Å²) in [5.41, 5.74) is 2.74. The summed E-state index contributed by atoms with van der Waals surface area (Å²) in [6, 6.07) is 1.89. The zero-order chi connectivity index (χ0) is 18.2. The summed E-state index contributed by atoms with van der Waals surface area (Å²) in [6.07, 6.45) is 2.91. The number of aromatic nitrogens is 2. The molecule has 2 N–H and O–H groups in total. The van der Waals surface area contributed by atoms with Gasteiger partial charge in [-0.25, -0.2) is 4.98 Å². The maximum atomic E-state index is 12.8. The fraction of sp³-hybridized carbons (Fsp3) is 0.632. The number of nitrogens with zero attached hydrogens (tertiary/aromatic N) is 2. The number of aliphatic hydroxyl groups is 1. The van der Waals surface area contributed by atoms with Crippen LogP contribution in [0, 0.1) is 11.3 Å². The number of aliphatic hydroxyl groups excluding tert-OH is 1. The maximum Gasteiger partial charge on any atom is 0.259 e. The molecule has 1 atom stereocenters. The third kappa shape index (κ3) is 4.18. The van der Waals surface area contributed by atoms with Crippen LogP contribution in [0.3, 0.4) is 0 Å². The minimum atomic E-state index is -0.159. The number of carbonyl (C=O) groups is 1. The van der Waals surface area contributed by atoms with E-state index in [1.54, 1.807) is 0 Å². The molecule has 6 nitrogen and oxygen atoms in total. The predicted molar refractivity (Wildman–Crippen MR) is 95.5 cm³/mol. The number of pyridine rings is 1. The molecular formula is C19H27N3O3. The third-order valence-corrected chi connectivity index (χ3v) is 4.40. The van der Waals surface area contributed by atoms with E-state index in [4.69, 9.17) is 9.63 Å². The van der Waals surface area contributed by atoms with Crippen LogP contribution in [0.4, 0.5) is 0 Å². The molecule has 6 heteroatoms. The molecule has 3 rings (SSSR count). The number of nitrogens with one attached hydrogen (secondary N) is 1. The summed E-state index contributed by atoms with van der Waals surface area (Å²) in [7, 11) is 0. The Morgan fingerprint density at radius 1 is 1.44 bits per heavy atom. The van der Waals surface area contributed by atoms with Gasteiger partial charge in [-0.15, -0.1) is 0 Å². The Morgan fingerprint density at radius 2 is 2.16 bits per heavy atom. The van der Waals surface area contributed by atoms with Crippen LogP contribution >= 0.6 is 0 Å². The SMILES string of the molecule is CC(CO)CNC(=O)c1cc(C2CC2)nc2onc(CC(C)(C)C)c12. The quantitative estimate of drug-likeness (QED) is 0.840. The average Bonchev–Trinajstić information content (AvgIpc) is 3.33. The molecule has 1 fully saturated rings. The van der Waals surface area contributed by atoms with Gasteiger partial charge in [-0.1, -0.05) is 32.9 Å². The molecule has 1 aliphatic rings. The van der Waals surface area contributed by atoms with Gasteiger partial charge in [-0.05, 0) is 36.7 Å². The summed E-state index contributed by atoms with van der Waals surface area (Å²) in [6.45, 7) is 8.74. The molecule has 0 saturated heterocycles. The normalized spacial score (nSPS) is 16.2. The lowest BCUT2D eigenvalue weighted by Crippen LogP contribution is -2.30. The fourth-order valence-electron chi connectivity index (χ4n) is 2.85. The minimum absolute atomic E-state index is 0.0145. The molecule has 0 spiro atoms. The molecule has 1 saturated carbocycles. The van der Waals surface area contributed by atoms with Gasteiger partial charge in [-0.3, -0.25) is 4.79 Å². The lowest BCUT2D eigenvalue weighted by atomic mass is 9.89. The zero-order valence-corrected chi connectivity index (χ0v) is 15.4. The van der Waals surface area contributed by atoms with E-state index in [2.05, 4.69) is 36.2 Å². The molecule has 0 radical (unpaired) electrons. The number of hydrogen-bond donors (Lipinski definition) is 2. The second-order valence-corrected chi connectivity index (χ2v) is 8.41. The Balaban J connectivity index is 2.00. The van der Waals surface area contributed by atoms with E-state index in [1.165, 1.54) is 0 Å². The smallest absolute Gasteiger partial charge is 0.259 e. The largest absolute Gasteiger partial charge is 0.396 e. The first-order valence-corrected chi connectivity index (χ1v) is 8.96. The second kappa shape index (κ2) is 6.75. The van der Waals surface area contributed by atoms with Crippen molar-refractivity contribution in [2.24, 2.45) is 11.3 Å². The van der Waals surface area contributed by atoms with E-state index in [0.29, 0.717) is 35.5 Å². The van der Waals surface area contributed by atoms with Gasteiger partial charge in [0.15, 0.2) is 0 Å². The topological polar surface area (TPSA) is 88.2 Å². The molecule has 0 bridgehead atoms. The average molecular weight is 345 g/mol. The van der Waals surface area contributed by atoms with Crippen LogP contribution in [0.5, 0.6) is 0 Å². The van der Waals surface area contributed by atoms with Crippen LogP contribution in [-0.4, -0.2) is 34.3 Å². The van der Waals surface area contributed by atoms with Gasteiger partial charge in [0.05, 0.1) is 16.6 Å².